The molecule has 0 aliphatic heterocycles. The Balaban J connectivity index is 1.97. The van der Waals surface area contributed by atoms with E-state index in [0.717, 1.165) is 0 Å². The lowest BCUT2D eigenvalue weighted by atomic mass is 10.2. The number of ether oxygens (including phenoxy) is 1. The highest BCUT2D eigenvalue weighted by Crippen LogP contribution is 2.23. The minimum Gasteiger partial charge on any atom is -0.465 e. The van der Waals surface area contributed by atoms with Gasteiger partial charge in [-0.15, -0.1) is 0 Å². The van der Waals surface area contributed by atoms with Crippen LogP contribution in [0.15, 0.2) is 48.5 Å². The van der Waals surface area contributed by atoms with E-state index in [9.17, 15) is 14.4 Å². The molecule has 2 N–H and O–H groups in total. The lowest BCUT2D eigenvalue weighted by Crippen LogP contribution is -2.32. The molecule has 7 heteroatoms. The van der Waals surface area contributed by atoms with E-state index in [1.54, 1.807) is 30.3 Å². The van der Waals surface area contributed by atoms with Crippen molar-refractivity contribution in [2.24, 2.45) is 0 Å². The number of carbonyl (C=O) groups excluding carboxylic acids is 3. The molecule has 0 saturated carbocycles. The lowest BCUT2D eigenvalue weighted by molar-refractivity contribution is -0.115. The van der Waals surface area contributed by atoms with Gasteiger partial charge in [0, 0.05) is 5.56 Å². The maximum Gasteiger partial charge on any atom is 0.337 e. The number of hydrogen-bond acceptors (Lipinski definition) is 4. The van der Waals surface area contributed by atoms with E-state index < -0.39 is 11.9 Å². The quantitative estimate of drug-likeness (QED) is 0.815. The molecule has 2 rings (SSSR count). The summed E-state index contributed by atoms with van der Waals surface area (Å²) in [5.41, 5.74) is 0.972. The molecule has 0 spiro atoms. The summed E-state index contributed by atoms with van der Waals surface area (Å²) in [5.74, 6) is -1.37. The van der Waals surface area contributed by atoms with Gasteiger partial charge in [0.15, 0.2) is 0 Å². The number of methoxy groups -OCH3 is 1. The second-order valence-electron chi connectivity index (χ2n) is 4.78. The second-order valence-corrected chi connectivity index (χ2v) is 5.19. The van der Waals surface area contributed by atoms with E-state index in [1.165, 1.54) is 25.3 Å². The molecule has 124 valence electrons. The van der Waals surface area contributed by atoms with Crippen LogP contribution in [0.1, 0.15) is 20.7 Å². The van der Waals surface area contributed by atoms with Crippen molar-refractivity contribution < 1.29 is 19.1 Å². The molecule has 0 unspecified atom stereocenters. The van der Waals surface area contributed by atoms with Gasteiger partial charge in [0.25, 0.3) is 5.91 Å². The smallest absolute Gasteiger partial charge is 0.337 e. The first-order valence-corrected chi connectivity index (χ1v) is 7.40. The Morgan fingerprint density at radius 1 is 1.04 bits per heavy atom. The molecule has 6 nitrogen and oxygen atoms in total. The standard InChI is InChI=1S/C17H15ClN2O4/c1-24-17(23)12-7-8-13(18)14(9-12)20-15(21)10-19-16(22)11-5-3-2-4-6-11/h2-9H,10H2,1H3,(H,19,22)(H,20,21). The van der Waals surface area contributed by atoms with Gasteiger partial charge in [0.1, 0.15) is 0 Å². The van der Waals surface area contributed by atoms with Crippen molar-refractivity contribution in [1.29, 1.82) is 0 Å². The molecule has 0 bridgehead atoms. The normalized spacial score (nSPS) is 9.92. The van der Waals surface area contributed by atoms with Crippen LogP contribution in [0, 0.1) is 0 Å². The zero-order valence-corrected chi connectivity index (χ0v) is 13.6. The third-order valence-corrected chi connectivity index (χ3v) is 3.44. The first-order chi connectivity index (χ1) is 11.5. The maximum atomic E-state index is 12.0. The van der Waals surface area contributed by atoms with Crippen LogP contribution in [0.5, 0.6) is 0 Å². The molecule has 2 aromatic rings. The summed E-state index contributed by atoms with van der Waals surface area (Å²) in [5, 5.41) is 5.31. The van der Waals surface area contributed by atoms with Gasteiger partial charge in [-0.1, -0.05) is 29.8 Å². The highest BCUT2D eigenvalue weighted by atomic mass is 35.5. The zero-order valence-electron chi connectivity index (χ0n) is 12.8. The summed E-state index contributed by atoms with van der Waals surface area (Å²) in [6.45, 7) is -0.230. The Morgan fingerprint density at radius 2 is 1.75 bits per heavy atom. The van der Waals surface area contributed by atoms with Crippen LogP contribution in [0.25, 0.3) is 0 Å². The molecular weight excluding hydrogens is 332 g/mol. The second kappa shape index (κ2) is 8.12. The summed E-state index contributed by atoms with van der Waals surface area (Å²) in [4.78, 5) is 35.3. The monoisotopic (exact) mass is 346 g/mol. The molecule has 24 heavy (non-hydrogen) atoms. The SMILES string of the molecule is COC(=O)c1ccc(Cl)c(NC(=O)CNC(=O)c2ccccc2)c1. The van der Waals surface area contributed by atoms with Crippen molar-refractivity contribution >= 4 is 35.1 Å². The minimum atomic E-state index is -0.542. The van der Waals surface area contributed by atoms with Gasteiger partial charge in [0.05, 0.1) is 29.9 Å². The van der Waals surface area contributed by atoms with Crippen molar-refractivity contribution in [3.05, 3.63) is 64.7 Å². The van der Waals surface area contributed by atoms with Crippen LogP contribution >= 0.6 is 11.6 Å². The number of carbonyl (C=O) groups is 3. The molecule has 0 saturated heterocycles. The number of anilines is 1. The van der Waals surface area contributed by atoms with Gasteiger partial charge in [-0.05, 0) is 30.3 Å². The molecule has 0 heterocycles. The first-order valence-electron chi connectivity index (χ1n) is 7.02. The number of esters is 1. The maximum absolute atomic E-state index is 12.0. The number of amides is 2. The fourth-order valence-corrected chi connectivity index (χ4v) is 2.08. The van der Waals surface area contributed by atoms with Gasteiger partial charge in [0.2, 0.25) is 5.91 Å². The molecule has 0 atom stereocenters. The third-order valence-electron chi connectivity index (χ3n) is 3.11. The Labute approximate surface area is 143 Å². The number of halogens is 1. The Bertz CT molecular complexity index is 762. The number of rotatable bonds is 5. The highest BCUT2D eigenvalue weighted by Gasteiger charge is 2.12. The van der Waals surface area contributed by atoms with Crippen molar-refractivity contribution in [2.45, 2.75) is 0 Å². The van der Waals surface area contributed by atoms with Gasteiger partial charge < -0.3 is 15.4 Å². The molecular formula is C17H15ClN2O4. The molecule has 0 radical (unpaired) electrons. The Kier molecular flexibility index (Phi) is 5.92. The van der Waals surface area contributed by atoms with Crippen LogP contribution in [-0.2, 0) is 9.53 Å². The number of nitrogens with one attached hydrogen (secondary N) is 2. The topological polar surface area (TPSA) is 84.5 Å². The summed E-state index contributed by atoms with van der Waals surface area (Å²) < 4.78 is 4.61. The highest BCUT2D eigenvalue weighted by molar-refractivity contribution is 6.33. The number of benzene rings is 2. The third kappa shape index (κ3) is 4.57. The van der Waals surface area contributed by atoms with E-state index in [0.29, 0.717) is 5.56 Å². The predicted molar refractivity (Wildman–Crippen MR) is 90.2 cm³/mol. The average Bonchev–Trinajstić information content (AvgIpc) is 2.61. The van der Waals surface area contributed by atoms with Gasteiger partial charge >= 0.3 is 5.97 Å². The Hall–Kier alpha value is -2.86. The molecule has 2 amide bonds. The molecule has 2 aromatic carbocycles. The minimum absolute atomic E-state index is 0.230. The average molecular weight is 347 g/mol. The summed E-state index contributed by atoms with van der Waals surface area (Å²) in [6.07, 6.45) is 0. The summed E-state index contributed by atoms with van der Waals surface area (Å²) >= 11 is 5.99. The fraction of sp³-hybridized carbons (Fsp3) is 0.118. The predicted octanol–water partition coefficient (Wildman–Crippen LogP) is 2.50. The van der Waals surface area contributed by atoms with Gasteiger partial charge in [-0.2, -0.15) is 0 Å². The van der Waals surface area contributed by atoms with E-state index in [-0.39, 0.29) is 28.7 Å². The van der Waals surface area contributed by atoms with Crippen LogP contribution in [0.3, 0.4) is 0 Å². The van der Waals surface area contributed by atoms with E-state index in [2.05, 4.69) is 15.4 Å². The zero-order chi connectivity index (χ0) is 17.5. The summed E-state index contributed by atoms with van der Waals surface area (Å²) in [7, 11) is 1.26. The Morgan fingerprint density at radius 3 is 2.42 bits per heavy atom. The van der Waals surface area contributed by atoms with Crippen LogP contribution < -0.4 is 10.6 Å². The molecule has 0 aromatic heterocycles. The van der Waals surface area contributed by atoms with E-state index >= 15 is 0 Å². The van der Waals surface area contributed by atoms with Crippen molar-refractivity contribution in [3.63, 3.8) is 0 Å². The van der Waals surface area contributed by atoms with Crippen LogP contribution in [-0.4, -0.2) is 31.4 Å². The van der Waals surface area contributed by atoms with Crippen LogP contribution in [0.2, 0.25) is 5.02 Å². The number of hydrogen-bond donors (Lipinski definition) is 2. The van der Waals surface area contributed by atoms with Crippen molar-refractivity contribution in [3.8, 4) is 0 Å². The molecule has 0 aliphatic rings. The van der Waals surface area contributed by atoms with Crippen LogP contribution in [0.4, 0.5) is 5.69 Å². The van der Waals surface area contributed by atoms with E-state index in [1.807, 2.05) is 0 Å². The first kappa shape index (κ1) is 17.5. The summed E-state index contributed by atoms with van der Waals surface area (Å²) in [6, 6.07) is 12.9. The van der Waals surface area contributed by atoms with Crippen molar-refractivity contribution in [1.82, 2.24) is 5.32 Å². The molecule has 0 aliphatic carbocycles. The molecule has 0 fully saturated rings. The largest absolute Gasteiger partial charge is 0.465 e. The van der Waals surface area contributed by atoms with Gasteiger partial charge in [-0.25, -0.2) is 4.79 Å². The lowest BCUT2D eigenvalue weighted by Gasteiger charge is -2.10. The fourth-order valence-electron chi connectivity index (χ4n) is 1.91. The van der Waals surface area contributed by atoms with Crippen molar-refractivity contribution in [2.75, 3.05) is 19.0 Å². The van der Waals surface area contributed by atoms with E-state index in [4.69, 9.17) is 11.6 Å². The van der Waals surface area contributed by atoms with Gasteiger partial charge in [-0.3, -0.25) is 9.59 Å².